The van der Waals surface area contributed by atoms with Crippen LogP contribution in [0.2, 0.25) is 0 Å². The number of unbranched alkanes of at least 4 members (excludes halogenated alkanes) is 1. The van der Waals surface area contributed by atoms with Gasteiger partial charge >= 0.3 is 0 Å². The van der Waals surface area contributed by atoms with Crippen LogP contribution in [0.25, 0.3) is 11.1 Å². The largest absolute Gasteiger partial charge is 0.497 e. The zero-order valence-corrected chi connectivity index (χ0v) is 16.2. The Labute approximate surface area is 160 Å². The topological polar surface area (TPSA) is 60.2 Å². The highest BCUT2D eigenvalue weighted by Crippen LogP contribution is 2.26. The van der Waals surface area contributed by atoms with Gasteiger partial charge in [0.2, 0.25) is 5.89 Å². The lowest BCUT2D eigenvalue weighted by Gasteiger charge is -2.16. The van der Waals surface area contributed by atoms with E-state index < -0.39 is 0 Å². The number of aryl methyl sites for hydroxylation is 2. The molecule has 1 atom stereocenters. The van der Waals surface area contributed by atoms with Crippen LogP contribution in [0, 0.1) is 6.92 Å². The van der Waals surface area contributed by atoms with E-state index in [0.717, 1.165) is 48.6 Å². The standard InChI is InChI=1S/C22H27N3O2/c1-16(8-4-5-13-22-24-17(2)25-27-22)23-20-11-6-9-18(14-20)19-10-7-12-21(15-19)26-3/h6-7,9-12,14-16,23H,4-5,8,13H2,1-3H3. The molecule has 5 nitrogen and oxygen atoms in total. The van der Waals surface area contributed by atoms with E-state index in [2.05, 4.69) is 58.8 Å². The third-order valence-corrected chi connectivity index (χ3v) is 4.53. The number of hydrogen-bond donors (Lipinski definition) is 1. The summed E-state index contributed by atoms with van der Waals surface area (Å²) < 4.78 is 10.5. The lowest BCUT2D eigenvalue weighted by Crippen LogP contribution is -2.14. The zero-order chi connectivity index (χ0) is 19.1. The molecule has 0 fully saturated rings. The molecule has 1 aromatic heterocycles. The van der Waals surface area contributed by atoms with Crippen LogP contribution in [0.3, 0.4) is 0 Å². The third kappa shape index (κ3) is 5.58. The monoisotopic (exact) mass is 365 g/mol. The normalized spacial score (nSPS) is 12.0. The molecule has 2 aromatic carbocycles. The molecule has 0 amide bonds. The summed E-state index contributed by atoms with van der Waals surface area (Å²) in [7, 11) is 1.69. The Bertz CT molecular complexity index is 860. The second-order valence-corrected chi connectivity index (χ2v) is 6.84. The van der Waals surface area contributed by atoms with Crippen LogP contribution in [0.5, 0.6) is 5.75 Å². The molecule has 27 heavy (non-hydrogen) atoms. The van der Waals surface area contributed by atoms with Crippen molar-refractivity contribution in [2.45, 2.75) is 45.6 Å². The number of aromatic nitrogens is 2. The third-order valence-electron chi connectivity index (χ3n) is 4.53. The Morgan fingerprint density at radius 1 is 1.07 bits per heavy atom. The minimum absolute atomic E-state index is 0.398. The van der Waals surface area contributed by atoms with Crippen molar-refractivity contribution in [3.8, 4) is 16.9 Å². The average molecular weight is 365 g/mol. The van der Waals surface area contributed by atoms with Crippen molar-refractivity contribution >= 4 is 5.69 Å². The number of anilines is 1. The van der Waals surface area contributed by atoms with Crippen LogP contribution < -0.4 is 10.1 Å². The summed E-state index contributed by atoms with van der Waals surface area (Å²) in [5.74, 6) is 2.31. The maximum atomic E-state index is 5.33. The van der Waals surface area contributed by atoms with E-state index in [-0.39, 0.29) is 0 Å². The van der Waals surface area contributed by atoms with Crippen molar-refractivity contribution in [3.63, 3.8) is 0 Å². The number of nitrogens with one attached hydrogen (secondary N) is 1. The van der Waals surface area contributed by atoms with Crippen molar-refractivity contribution < 1.29 is 9.26 Å². The van der Waals surface area contributed by atoms with Gasteiger partial charge in [-0.2, -0.15) is 4.98 Å². The van der Waals surface area contributed by atoms with Gasteiger partial charge in [-0.05, 0) is 62.1 Å². The van der Waals surface area contributed by atoms with Gasteiger partial charge in [0.25, 0.3) is 0 Å². The van der Waals surface area contributed by atoms with Gasteiger partial charge < -0.3 is 14.6 Å². The summed E-state index contributed by atoms with van der Waals surface area (Å²) >= 11 is 0. The van der Waals surface area contributed by atoms with Gasteiger partial charge in [-0.15, -0.1) is 0 Å². The first kappa shape index (κ1) is 19.0. The maximum absolute atomic E-state index is 5.33. The Morgan fingerprint density at radius 3 is 2.59 bits per heavy atom. The molecule has 0 aliphatic carbocycles. The highest BCUT2D eigenvalue weighted by atomic mass is 16.5. The second kappa shape index (κ2) is 9.21. The number of nitrogens with zero attached hydrogens (tertiary/aromatic N) is 2. The molecule has 0 aliphatic heterocycles. The van der Waals surface area contributed by atoms with Crippen molar-refractivity contribution in [1.29, 1.82) is 0 Å². The predicted octanol–water partition coefficient (Wildman–Crippen LogP) is 5.27. The van der Waals surface area contributed by atoms with Crippen LogP contribution in [0.4, 0.5) is 5.69 Å². The van der Waals surface area contributed by atoms with Crippen molar-refractivity contribution in [2.75, 3.05) is 12.4 Å². The van der Waals surface area contributed by atoms with Crippen molar-refractivity contribution in [1.82, 2.24) is 10.1 Å². The van der Waals surface area contributed by atoms with E-state index in [0.29, 0.717) is 11.9 Å². The zero-order valence-electron chi connectivity index (χ0n) is 16.2. The molecule has 0 spiro atoms. The van der Waals surface area contributed by atoms with E-state index >= 15 is 0 Å². The summed E-state index contributed by atoms with van der Waals surface area (Å²) in [6, 6.07) is 17.0. The Balaban J connectivity index is 1.51. The lowest BCUT2D eigenvalue weighted by atomic mass is 10.0. The number of hydrogen-bond acceptors (Lipinski definition) is 5. The molecular weight excluding hydrogens is 338 g/mol. The Morgan fingerprint density at radius 2 is 1.85 bits per heavy atom. The van der Waals surface area contributed by atoms with Gasteiger partial charge in [0.1, 0.15) is 5.75 Å². The number of benzene rings is 2. The summed E-state index contributed by atoms with van der Waals surface area (Å²) in [4.78, 5) is 4.24. The van der Waals surface area contributed by atoms with Crippen molar-refractivity contribution in [2.24, 2.45) is 0 Å². The first-order valence-corrected chi connectivity index (χ1v) is 9.44. The predicted molar refractivity (Wildman–Crippen MR) is 108 cm³/mol. The Hall–Kier alpha value is -2.82. The van der Waals surface area contributed by atoms with Gasteiger partial charge in [-0.3, -0.25) is 0 Å². The van der Waals surface area contributed by atoms with Gasteiger partial charge in [0.05, 0.1) is 7.11 Å². The molecule has 3 aromatic rings. The van der Waals surface area contributed by atoms with Crippen LogP contribution in [-0.2, 0) is 6.42 Å². The highest BCUT2D eigenvalue weighted by molar-refractivity contribution is 5.69. The van der Waals surface area contributed by atoms with Gasteiger partial charge in [-0.1, -0.05) is 35.8 Å². The molecule has 1 unspecified atom stereocenters. The highest BCUT2D eigenvalue weighted by Gasteiger charge is 2.06. The minimum Gasteiger partial charge on any atom is -0.497 e. The van der Waals surface area contributed by atoms with Gasteiger partial charge in [-0.25, -0.2) is 0 Å². The molecule has 5 heteroatoms. The van der Waals surface area contributed by atoms with Gasteiger partial charge in [0, 0.05) is 18.2 Å². The maximum Gasteiger partial charge on any atom is 0.226 e. The van der Waals surface area contributed by atoms with Crippen LogP contribution in [-0.4, -0.2) is 23.3 Å². The lowest BCUT2D eigenvalue weighted by molar-refractivity contribution is 0.370. The molecule has 0 radical (unpaired) electrons. The fourth-order valence-corrected chi connectivity index (χ4v) is 3.12. The molecule has 0 aliphatic rings. The smallest absolute Gasteiger partial charge is 0.226 e. The SMILES string of the molecule is COc1cccc(-c2cccc(NC(C)CCCCc3nc(C)no3)c2)c1. The molecular formula is C22H27N3O2. The quantitative estimate of drug-likeness (QED) is 0.524. The first-order chi connectivity index (χ1) is 13.1. The van der Waals surface area contributed by atoms with Crippen LogP contribution in [0.1, 0.15) is 37.9 Å². The summed E-state index contributed by atoms with van der Waals surface area (Å²) in [6.07, 6.45) is 4.11. The molecule has 142 valence electrons. The van der Waals surface area contributed by atoms with E-state index in [9.17, 15) is 0 Å². The summed E-state index contributed by atoms with van der Waals surface area (Å²) in [5, 5.41) is 7.42. The number of ether oxygens (including phenoxy) is 1. The molecule has 0 saturated heterocycles. The molecule has 1 heterocycles. The number of methoxy groups -OCH3 is 1. The Kier molecular flexibility index (Phi) is 6.47. The van der Waals surface area contributed by atoms with E-state index in [4.69, 9.17) is 9.26 Å². The first-order valence-electron chi connectivity index (χ1n) is 9.44. The number of rotatable bonds is 9. The van der Waals surface area contributed by atoms with Crippen molar-refractivity contribution in [3.05, 3.63) is 60.2 Å². The molecule has 0 bridgehead atoms. The van der Waals surface area contributed by atoms with Crippen LogP contribution >= 0.6 is 0 Å². The summed E-state index contributed by atoms with van der Waals surface area (Å²) in [6.45, 7) is 4.06. The molecule has 0 saturated carbocycles. The van der Waals surface area contributed by atoms with E-state index in [1.807, 2.05) is 19.1 Å². The molecule has 3 rings (SSSR count). The van der Waals surface area contributed by atoms with E-state index in [1.54, 1.807) is 7.11 Å². The summed E-state index contributed by atoms with van der Waals surface area (Å²) in [5.41, 5.74) is 3.47. The minimum atomic E-state index is 0.398. The average Bonchev–Trinajstić information content (AvgIpc) is 3.10. The fourth-order valence-electron chi connectivity index (χ4n) is 3.12. The van der Waals surface area contributed by atoms with Gasteiger partial charge in [0.15, 0.2) is 5.82 Å². The molecule has 1 N–H and O–H groups in total. The fraction of sp³-hybridized carbons (Fsp3) is 0.364. The second-order valence-electron chi connectivity index (χ2n) is 6.84. The van der Waals surface area contributed by atoms with E-state index in [1.165, 1.54) is 5.56 Å². The van der Waals surface area contributed by atoms with Crippen LogP contribution in [0.15, 0.2) is 53.1 Å².